The fraction of sp³-hybridized carbons (Fsp3) is 0.125. The first kappa shape index (κ1) is 8.67. The molecule has 64 valence electrons. The molecule has 0 aliphatic carbocycles. The predicted octanol–water partition coefficient (Wildman–Crippen LogP) is 1.12. The number of hydrazine groups is 1. The minimum atomic E-state index is -1.00. The molecule has 0 radical (unpaired) electrons. The number of para-hydroxylation sites is 1. The maximum Gasteiger partial charge on any atom is 0.195 e. The first-order chi connectivity index (χ1) is 5.79. The van der Waals surface area contributed by atoms with Crippen molar-refractivity contribution in [3.63, 3.8) is 0 Å². The number of halogens is 1. The maximum absolute atomic E-state index is 12.0. The molecule has 0 bridgehead atoms. The minimum absolute atomic E-state index is 0.280. The van der Waals surface area contributed by atoms with Gasteiger partial charge < -0.3 is 5.43 Å². The fourth-order valence-electron chi connectivity index (χ4n) is 0.924. The molecular formula is C8H9FN2O. The Labute approximate surface area is 69.3 Å². The number of alkyl halides is 1. The number of anilines is 1. The van der Waals surface area contributed by atoms with E-state index < -0.39 is 12.5 Å². The van der Waals surface area contributed by atoms with Crippen molar-refractivity contribution in [1.29, 1.82) is 0 Å². The monoisotopic (exact) mass is 168 g/mol. The molecule has 3 N–H and O–H groups in total. The second kappa shape index (κ2) is 3.82. The highest BCUT2D eigenvalue weighted by atomic mass is 19.1. The zero-order valence-corrected chi connectivity index (χ0v) is 6.38. The topological polar surface area (TPSA) is 55.1 Å². The van der Waals surface area contributed by atoms with Crippen molar-refractivity contribution in [3.8, 4) is 0 Å². The summed E-state index contributed by atoms with van der Waals surface area (Å²) in [7, 11) is 0. The van der Waals surface area contributed by atoms with Gasteiger partial charge in [0, 0.05) is 5.56 Å². The van der Waals surface area contributed by atoms with Crippen LogP contribution in [-0.4, -0.2) is 12.5 Å². The van der Waals surface area contributed by atoms with Gasteiger partial charge in [-0.15, -0.1) is 0 Å². The Balaban J connectivity index is 3.04. The van der Waals surface area contributed by atoms with Gasteiger partial charge >= 0.3 is 0 Å². The summed E-state index contributed by atoms with van der Waals surface area (Å²) < 4.78 is 12.0. The van der Waals surface area contributed by atoms with Crippen LogP contribution in [0.2, 0.25) is 0 Å². The fourth-order valence-corrected chi connectivity index (χ4v) is 0.924. The van der Waals surface area contributed by atoms with Crippen LogP contribution in [0.5, 0.6) is 0 Å². The lowest BCUT2D eigenvalue weighted by Gasteiger charge is -2.04. The molecular weight excluding hydrogens is 159 g/mol. The van der Waals surface area contributed by atoms with E-state index in [-0.39, 0.29) is 5.56 Å². The number of carbonyl (C=O) groups is 1. The van der Waals surface area contributed by atoms with E-state index in [2.05, 4.69) is 5.43 Å². The molecule has 0 heterocycles. The number of benzene rings is 1. The van der Waals surface area contributed by atoms with E-state index in [0.717, 1.165) is 0 Å². The normalized spacial score (nSPS) is 9.50. The van der Waals surface area contributed by atoms with Crippen LogP contribution in [0.15, 0.2) is 24.3 Å². The minimum Gasteiger partial charge on any atom is -0.323 e. The van der Waals surface area contributed by atoms with Crippen LogP contribution in [0, 0.1) is 0 Å². The average molecular weight is 168 g/mol. The number of hydrogen-bond donors (Lipinski definition) is 2. The first-order valence-electron chi connectivity index (χ1n) is 3.44. The lowest BCUT2D eigenvalue weighted by atomic mass is 10.1. The number of ketones is 1. The van der Waals surface area contributed by atoms with Crippen LogP contribution >= 0.6 is 0 Å². The maximum atomic E-state index is 12.0. The highest BCUT2D eigenvalue weighted by Crippen LogP contribution is 2.13. The second-order valence-electron chi connectivity index (χ2n) is 2.25. The number of nitrogens with two attached hydrogens (primary N) is 1. The van der Waals surface area contributed by atoms with Crippen molar-refractivity contribution in [1.82, 2.24) is 0 Å². The van der Waals surface area contributed by atoms with Crippen molar-refractivity contribution in [2.45, 2.75) is 0 Å². The molecule has 0 saturated carbocycles. The van der Waals surface area contributed by atoms with E-state index in [1.54, 1.807) is 18.2 Å². The third kappa shape index (κ3) is 1.60. The van der Waals surface area contributed by atoms with Crippen molar-refractivity contribution >= 4 is 11.5 Å². The quantitative estimate of drug-likeness (QED) is 0.404. The predicted molar refractivity (Wildman–Crippen MR) is 44.6 cm³/mol. The largest absolute Gasteiger partial charge is 0.323 e. The molecule has 12 heavy (non-hydrogen) atoms. The summed E-state index contributed by atoms with van der Waals surface area (Å²) in [5.74, 6) is 4.55. The Morgan fingerprint density at radius 1 is 1.50 bits per heavy atom. The Morgan fingerprint density at radius 3 is 2.75 bits per heavy atom. The Kier molecular flexibility index (Phi) is 2.76. The summed E-state index contributed by atoms with van der Waals surface area (Å²) in [6.07, 6.45) is 0. The number of nitrogens with one attached hydrogen (secondary N) is 1. The van der Waals surface area contributed by atoms with E-state index >= 15 is 0 Å². The highest BCUT2D eigenvalue weighted by molar-refractivity contribution is 6.01. The van der Waals surface area contributed by atoms with Crippen LogP contribution in [0.4, 0.5) is 10.1 Å². The number of rotatable bonds is 3. The van der Waals surface area contributed by atoms with Crippen molar-refractivity contribution in [2.75, 3.05) is 12.1 Å². The van der Waals surface area contributed by atoms with Crippen LogP contribution in [-0.2, 0) is 0 Å². The third-order valence-corrected chi connectivity index (χ3v) is 1.50. The van der Waals surface area contributed by atoms with Gasteiger partial charge in [-0.1, -0.05) is 12.1 Å². The van der Waals surface area contributed by atoms with Crippen molar-refractivity contribution in [2.24, 2.45) is 5.84 Å². The summed E-state index contributed by atoms with van der Waals surface area (Å²) in [5.41, 5.74) is 3.05. The summed E-state index contributed by atoms with van der Waals surface area (Å²) in [6.45, 7) is -1.00. The number of nitrogen functional groups attached to an aromatic ring is 1. The molecule has 0 aromatic heterocycles. The Hall–Kier alpha value is -1.42. The van der Waals surface area contributed by atoms with Crippen LogP contribution in [0.3, 0.4) is 0 Å². The molecule has 1 aromatic rings. The summed E-state index contributed by atoms with van der Waals surface area (Å²) in [6, 6.07) is 6.51. The Morgan fingerprint density at radius 2 is 2.17 bits per heavy atom. The van der Waals surface area contributed by atoms with Gasteiger partial charge in [-0.05, 0) is 12.1 Å². The smallest absolute Gasteiger partial charge is 0.195 e. The first-order valence-corrected chi connectivity index (χ1v) is 3.44. The van der Waals surface area contributed by atoms with Gasteiger partial charge in [0.1, 0.15) is 0 Å². The molecule has 0 atom stereocenters. The molecule has 0 fully saturated rings. The summed E-state index contributed by atoms with van der Waals surface area (Å²) in [4.78, 5) is 10.9. The molecule has 4 heteroatoms. The Bertz CT molecular complexity index is 288. The van der Waals surface area contributed by atoms with E-state index in [4.69, 9.17) is 5.84 Å². The molecule has 0 spiro atoms. The molecule has 0 amide bonds. The van der Waals surface area contributed by atoms with Gasteiger partial charge in [-0.3, -0.25) is 10.6 Å². The summed E-state index contributed by atoms with van der Waals surface area (Å²) >= 11 is 0. The van der Waals surface area contributed by atoms with E-state index in [1.165, 1.54) is 6.07 Å². The van der Waals surface area contributed by atoms with E-state index in [0.29, 0.717) is 5.69 Å². The lowest BCUT2D eigenvalue weighted by Crippen LogP contribution is -2.12. The molecule has 1 aromatic carbocycles. The van der Waals surface area contributed by atoms with Crippen LogP contribution < -0.4 is 11.3 Å². The van der Waals surface area contributed by atoms with Gasteiger partial charge in [-0.2, -0.15) is 0 Å². The summed E-state index contributed by atoms with van der Waals surface area (Å²) in [5, 5.41) is 0. The standard InChI is InChI=1S/C8H9FN2O/c9-5-8(12)6-3-1-2-4-7(6)11-10/h1-4,11H,5,10H2. The highest BCUT2D eigenvalue weighted by Gasteiger charge is 2.08. The lowest BCUT2D eigenvalue weighted by molar-refractivity contribution is 0.0959. The van der Waals surface area contributed by atoms with Gasteiger partial charge in [0.2, 0.25) is 0 Å². The van der Waals surface area contributed by atoms with Gasteiger partial charge in [0.25, 0.3) is 0 Å². The van der Waals surface area contributed by atoms with Crippen molar-refractivity contribution < 1.29 is 9.18 Å². The SMILES string of the molecule is NNc1ccccc1C(=O)CF. The second-order valence-corrected chi connectivity index (χ2v) is 2.25. The van der Waals surface area contributed by atoms with Gasteiger partial charge in [0.15, 0.2) is 12.5 Å². The van der Waals surface area contributed by atoms with Crippen LogP contribution in [0.1, 0.15) is 10.4 Å². The third-order valence-electron chi connectivity index (χ3n) is 1.50. The molecule has 0 saturated heterocycles. The average Bonchev–Trinajstić information content (AvgIpc) is 2.16. The molecule has 3 nitrogen and oxygen atoms in total. The van der Waals surface area contributed by atoms with E-state index in [1.807, 2.05) is 0 Å². The molecule has 0 unspecified atom stereocenters. The van der Waals surface area contributed by atoms with Crippen LogP contribution in [0.25, 0.3) is 0 Å². The molecule has 0 aliphatic heterocycles. The van der Waals surface area contributed by atoms with Gasteiger partial charge in [0.05, 0.1) is 5.69 Å². The van der Waals surface area contributed by atoms with Crippen molar-refractivity contribution in [3.05, 3.63) is 29.8 Å². The number of hydrogen-bond acceptors (Lipinski definition) is 3. The van der Waals surface area contributed by atoms with Gasteiger partial charge in [-0.25, -0.2) is 4.39 Å². The zero-order chi connectivity index (χ0) is 8.97. The number of Topliss-reactive ketones (excluding diaryl/α,β-unsaturated/α-hetero) is 1. The zero-order valence-electron chi connectivity index (χ0n) is 6.38. The van der Waals surface area contributed by atoms with E-state index in [9.17, 15) is 9.18 Å². The molecule has 0 aliphatic rings. The molecule has 1 rings (SSSR count). The number of carbonyl (C=O) groups excluding carboxylic acids is 1.